The third-order valence-corrected chi connectivity index (χ3v) is 9.17. The molecule has 2 aromatic carbocycles. The summed E-state index contributed by atoms with van der Waals surface area (Å²) in [5, 5.41) is 2.59. The van der Waals surface area contributed by atoms with Crippen LogP contribution in [0.2, 0.25) is 0 Å². The fourth-order valence-corrected chi connectivity index (χ4v) is 6.74. The monoisotopic (exact) mass is 494 g/mol. The number of nitrogens with one attached hydrogen (secondary N) is 1. The predicted molar refractivity (Wildman–Crippen MR) is 136 cm³/mol. The van der Waals surface area contributed by atoms with Crippen molar-refractivity contribution in [3.63, 3.8) is 0 Å². The summed E-state index contributed by atoms with van der Waals surface area (Å²) in [5.41, 5.74) is 3.79. The second-order valence-corrected chi connectivity index (χ2v) is 11.4. The van der Waals surface area contributed by atoms with Gasteiger partial charge in [-0.1, -0.05) is 36.4 Å². The van der Waals surface area contributed by atoms with E-state index in [1.54, 1.807) is 16.4 Å². The molecule has 7 nitrogen and oxygen atoms in total. The first-order valence-corrected chi connectivity index (χ1v) is 13.5. The molecule has 9 heteroatoms. The van der Waals surface area contributed by atoms with E-state index in [4.69, 9.17) is 4.98 Å². The van der Waals surface area contributed by atoms with Gasteiger partial charge in [-0.2, -0.15) is 4.31 Å². The molecule has 0 saturated carbocycles. The quantitative estimate of drug-likeness (QED) is 0.456. The summed E-state index contributed by atoms with van der Waals surface area (Å²) in [6.07, 6.45) is 0. The van der Waals surface area contributed by atoms with Crippen LogP contribution < -0.4 is 5.56 Å². The van der Waals surface area contributed by atoms with Gasteiger partial charge in [0.1, 0.15) is 10.7 Å². The minimum atomic E-state index is -3.52. The van der Waals surface area contributed by atoms with Crippen LogP contribution >= 0.6 is 11.3 Å². The second-order valence-electron chi connectivity index (χ2n) is 8.63. The van der Waals surface area contributed by atoms with Crippen molar-refractivity contribution < 1.29 is 8.42 Å². The molecular formula is C25H26N4O3S2. The Hall–Kier alpha value is -2.85. The molecule has 5 rings (SSSR count). The normalized spacial score (nSPS) is 15.7. The van der Waals surface area contributed by atoms with E-state index in [9.17, 15) is 13.2 Å². The van der Waals surface area contributed by atoms with Crippen molar-refractivity contribution in [1.29, 1.82) is 0 Å². The smallest absolute Gasteiger partial charge is 0.260 e. The predicted octanol–water partition coefficient (Wildman–Crippen LogP) is 3.77. The minimum absolute atomic E-state index is 0.143. The number of sulfonamides is 1. The summed E-state index contributed by atoms with van der Waals surface area (Å²) < 4.78 is 27.7. The van der Waals surface area contributed by atoms with Crippen molar-refractivity contribution in [1.82, 2.24) is 19.2 Å². The van der Waals surface area contributed by atoms with Crippen LogP contribution in [0.5, 0.6) is 0 Å². The maximum Gasteiger partial charge on any atom is 0.260 e. The topological polar surface area (TPSA) is 86.4 Å². The zero-order valence-corrected chi connectivity index (χ0v) is 20.7. The van der Waals surface area contributed by atoms with Crippen LogP contribution in [0.4, 0.5) is 0 Å². The number of nitrogens with zero attached hydrogens (tertiary/aromatic N) is 3. The Labute approximate surface area is 202 Å². The van der Waals surface area contributed by atoms with Crippen molar-refractivity contribution in [2.24, 2.45) is 0 Å². The molecule has 0 atom stereocenters. The van der Waals surface area contributed by atoms with Gasteiger partial charge in [-0.05, 0) is 42.7 Å². The number of rotatable bonds is 5. The molecule has 1 N–H and O–H groups in total. The Bertz CT molecular complexity index is 1500. The van der Waals surface area contributed by atoms with Gasteiger partial charge in [0.25, 0.3) is 5.56 Å². The first-order chi connectivity index (χ1) is 16.3. The molecule has 1 fully saturated rings. The highest BCUT2D eigenvalue weighted by Gasteiger charge is 2.29. The largest absolute Gasteiger partial charge is 0.309 e. The number of hydrogen-bond donors (Lipinski definition) is 1. The van der Waals surface area contributed by atoms with Gasteiger partial charge >= 0.3 is 0 Å². The highest BCUT2D eigenvalue weighted by Crippen LogP contribution is 2.30. The van der Waals surface area contributed by atoms with Crippen LogP contribution in [0, 0.1) is 13.8 Å². The van der Waals surface area contributed by atoms with E-state index < -0.39 is 10.0 Å². The fourth-order valence-electron chi connectivity index (χ4n) is 4.26. The van der Waals surface area contributed by atoms with Crippen LogP contribution in [0.3, 0.4) is 0 Å². The number of thiophene rings is 1. The summed E-state index contributed by atoms with van der Waals surface area (Å²) in [4.78, 5) is 23.7. The molecule has 0 unspecified atom stereocenters. The lowest BCUT2D eigenvalue weighted by molar-refractivity contribution is 0.178. The van der Waals surface area contributed by atoms with Gasteiger partial charge < -0.3 is 4.98 Å². The lowest BCUT2D eigenvalue weighted by Gasteiger charge is -2.33. The van der Waals surface area contributed by atoms with Crippen molar-refractivity contribution in [2.45, 2.75) is 25.3 Å². The Morgan fingerprint density at radius 1 is 1.00 bits per heavy atom. The van der Waals surface area contributed by atoms with Crippen LogP contribution in [-0.4, -0.2) is 53.8 Å². The highest BCUT2D eigenvalue weighted by atomic mass is 32.2. The van der Waals surface area contributed by atoms with Crippen LogP contribution in [0.25, 0.3) is 21.3 Å². The zero-order chi connectivity index (χ0) is 23.9. The summed E-state index contributed by atoms with van der Waals surface area (Å²) in [7, 11) is -3.52. The van der Waals surface area contributed by atoms with Gasteiger partial charge in [-0.25, -0.2) is 13.4 Å². The Balaban J connectivity index is 1.30. The Morgan fingerprint density at radius 3 is 2.44 bits per heavy atom. The maximum atomic E-state index is 13.1. The molecule has 2 aromatic heterocycles. The molecule has 1 saturated heterocycles. The Kier molecular flexibility index (Phi) is 6.11. The van der Waals surface area contributed by atoms with E-state index >= 15 is 0 Å². The number of H-pyrrole nitrogens is 1. The van der Waals surface area contributed by atoms with Gasteiger partial charge in [0.2, 0.25) is 10.0 Å². The summed E-state index contributed by atoms with van der Waals surface area (Å²) in [6, 6.07) is 15.1. The number of piperazine rings is 1. The Morgan fingerprint density at radius 2 is 1.74 bits per heavy atom. The van der Waals surface area contributed by atoms with Gasteiger partial charge in [-0.3, -0.25) is 9.69 Å². The van der Waals surface area contributed by atoms with E-state index in [1.807, 2.05) is 55.6 Å². The second kappa shape index (κ2) is 9.07. The van der Waals surface area contributed by atoms with Crippen molar-refractivity contribution >= 4 is 31.6 Å². The molecular weight excluding hydrogens is 468 g/mol. The number of aromatic nitrogens is 2. The molecule has 0 aliphatic carbocycles. The van der Waals surface area contributed by atoms with Crippen LogP contribution in [-0.2, 0) is 16.6 Å². The third kappa shape index (κ3) is 4.32. The molecule has 0 bridgehead atoms. The molecule has 4 aromatic rings. The summed E-state index contributed by atoms with van der Waals surface area (Å²) in [5.74, 6) is 0.601. The first kappa shape index (κ1) is 22.9. The van der Waals surface area contributed by atoms with E-state index in [-0.39, 0.29) is 5.56 Å². The lowest BCUT2D eigenvalue weighted by atomic mass is 10.1. The van der Waals surface area contributed by atoms with E-state index in [2.05, 4.69) is 9.88 Å². The van der Waals surface area contributed by atoms with Crippen LogP contribution in [0.15, 0.2) is 63.6 Å². The van der Waals surface area contributed by atoms with Gasteiger partial charge in [-0.15, -0.1) is 11.3 Å². The third-order valence-electron chi connectivity index (χ3n) is 6.40. The standard InChI is InChI=1S/C25H26N4O3S2/c1-17-8-9-20(14-18(17)2)34(31,32)29-12-10-28(11-13-29)15-22-26-24(30)23-21(16-33-25(23)27-22)19-6-4-3-5-7-19/h3-9,14,16H,10-13,15H2,1-2H3,(H,26,27,30). The van der Waals surface area contributed by atoms with Crippen molar-refractivity contribution in [3.8, 4) is 11.1 Å². The molecule has 0 amide bonds. The van der Waals surface area contributed by atoms with E-state index in [0.717, 1.165) is 22.3 Å². The molecule has 176 valence electrons. The SMILES string of the molecule is Cc1ccc(S(=O)(=O)N2CCN(Cc3nc4scc(-c5ccccc5)c4c(=O)[nH]3)CC2)cc1C. The van der Waals surface area contributed by atoms with Crippen molar-refractivity contribution in [2.75, 3.05) is 26.2 Å². The lowest BCUT2D eigenvalue weighted by Crippen LogP contribution is -2.48. The minimum Gasteiger partial charge on any atom is -0.309 e. The molecule has 1 aliphatic rings. The van der Waals surface area contributed by atoms with E-state index in [0.29, 0.717) is 53.7 Å². The maximum absolute atomic E-state index is 13.1. The summed E-state index contributed by atoms with van der Waals surface area (Å²) in [6.45, 7) is 6.32. The molecule has 1 aliphatic heterocycles. The fraction of sp³-hybridized carbons (Fsp3) is 0.280. The number of hydrogen-bond acceptors (Lipinski definition) is 6. The highest BCUT2D eigenvalue weighted by molar-refractivity contribution is 7.89. The van der Waals surface area contributed by atoms with Gasteiger partial charge in [0.05, 0.1) is 16.8 Å². The zero-order valence-electron chi connectivity index (χ0n) is 19.1. The van der Waals surface area contributed by atoms with Crippen molar-refractivity contribution in [3.05, 3.63) is 81.2 Å². The van der Waals surface area contributed by atoms with E-state index in [1.165, 1.54) is 11.3 Å². The number of fused-ring (bicyclic) bond motifs is 1. The number of aryl methyl sites for hydroxylation is 2. The number of benzene rings is 2. The molecule has 0 radical (unpaired) electrons. The number of aromatic amines is 1. The summed E-state index contributed by atoms with van der Waals surface area (Å²) >= 11 is 1.47. The molecule has 3 heterocycles. The first-order valence-electron chi connectivity index (χ1n) is 11.2. The average molecular weight is 495 g/mol. The molecule has 0 spiro atoms. The average Bonchev–Trinajstić information content (AvgIpc) is 3.26. The molecule has 34 heavy (non-hydrogen) atoms. The van der Waals surface area contributed by atoms with Crippen LogP contribution in [0.1, 0.15) is 17.0 Å². The van der Waals surface area contributed by atoms with Gasteiger partial charge in [0.15, 0.2) is 0 Å². The van der Waals surface area contributed by atoms with Gasteiger partial charge in [0, 0.05) is 37.1 Å².